The largest absolute Gasteiger partial charge is 0.325 e. The molecule has 0 aliphatic rings. The van der Waals surface area contributed by atoms with Gasteiger partial charge in [0.05, 0.1) is 5.92 Å². The number of benzene rings is 2. The molecule has 1 N–H and O–H groups in total. The van der Waals surface area contributed by atoms with Crippen LogP contribution in [0.15, 0.2) is 54.6 Å². The highest BCUT2D eigenvalue weighted by Gasteiger charge is 2.16. The van der Waals surface area contributed by atoms with Crippen LogP contribution in [0, 0.1) is 0 Å². The first-order valence-electron chi connectivity index (χ1n) is 7.04. The minimum Gasteiger partial charge on any atom is -0.325 e. The molecule has 2 aromatic rings. The van der Waals surface area contributed by atoms with Crippen LogP contribution in [0.25, 0.3) is 0 Å². The first kappa shape index (κ1) is 14.3. The van der Waals surface area contributed by atoms with Crippen LogP contribution in [0.3, 0.4) is 0 Å². The zero-order valence-electron chi connectivity index (χ0n) is 12.3. The quantitative estimate of drug-likeness (QED) is 0.865. The predicted octanol–water partition coefficient (Wildman–Crippen LogP) is 4.55. The van der Waals surface area contributed by atoms with Gasteiger partial charge in [-0.15, -0.1) is 0 Å². The fourth-order valence-corrected chi connectivity index (χ4v) is 2.25. The number of anilines is 1. The zero-order chi connectivity index (χ0) is 14.5. The molecule has 2 rings (SSSR count). The first-order chi connectivity index (χ1) is 9.59. The fourth-order valence-electron chi connectivity index (χ4n) is 2.25. The monoisotopic (exact) mass is 267 g/mol. The lowest BCUT2D eigenvalue weighted by molar-refractivity contribution is -0.117. The second-order valence-electron chi connectivity index (χ2n) is 5.36. The third-order valence-corrected chi connectivity index (χ3v) is 3.53. The summed E-state index contributed by atoms with van der Waals surface area (Å²) in [7, 11) is 0. The van der Waals surface area contributed by atoms with E-state index in [4.69, 9.17) is 0 Å². The fraction of sp³-hybridized carbons (Fsp3) is 0.278. The van der Waals surface area contributed by atoms with Crippen molar-refractivity contribution in [1.29, 1.82) is 0 Å². The van der Waals surface area contributed by atoms with Crippen molar-refractivity contribution in [2.45, 2.75) is 32.6 Å². The Morgan fingerprint density at radius 1 is 0.900 bits per heavy atom. The zero-order valence-corrected chi connectivity index (χ0v) is 12.3. The molecule has 2 nitrogen and oxygen atoms in total. The highest BCUT2D eigenvalue weighted by atomic mass is 16.1. The Kier molecular flexibility index (Phi) is 4.57. The van der Waals surface area contributed by atoms with E-state index in [2.05, 4.69) is 25.2 Å². The molecule has 0 aromatic heterocycles. The molecule has 1 unspecified atom stereocenters. The summed E-state index contributed by atoms with van der Waals surface area (Å²) in [5, 5.41) is 3.05. The maximum atomic E-state index is 12.4. The van der Waals surface area contributed by atoms with Crippen LogP contribution in [0.5, 0.6) is 0 Å². The summed E-state index contributed by atoms with van der Waals surface area (Å²) in [6.45, 7) is 6.19. The van der Waals surface area contributed by atoms with E-state index in [-0.39, 0.29) is 11.8 Å². The van der Waals surface area contributed by atoms with E-state index in [1.807, 2.05) is 55.5 Å². The SMILES string of the molecule is CC(C)c1ccccc1NC(=O)C(C)c1ccccc1. The van der Waals surface area contributed by atoms with Gasteiger partial charge in [-0.2, -0.15) is 0 Å². The summed E-state index contributed by atoms with van der Waals surface area (Å²) in [6, 6.07) is 17.8. The molecule has 0 aliphatic carbocycles. The Hall–Kier alpha value is -2.09. The molecule has 2 aromatic carbocycles. The third-order valence-electron chi connectivity index (χ3n) is 3.53. The summed E-state index contributed by atoms with van der Waals surface area (Å²) >= 11 is 0. The van der Waals surface area contributed by atoms with Crippen LogP contribution in [-0.2, 0) is 4.79 Å². The first-order valence-corrected chi connectivity index (χ1v) is 7.04. The van der Waals surface area contributed by atoms with Gasteiger partial charge in [-0.3, -0.25) is 4.79 Å². The standard InChI is InChI=1S/C18H21NO/c1-13(2)16-11-7-8-12-17(16)19-18(20)14(3)15-9-5-4-6-10-15/h4-14H,1-3H3,(H,19,20). The molecule has 104 valence electrons. The van der Waals surface area contributed by atoms with E-state index >= 15 is 0 Å². The van der Waals surface area contributed by atoms with Crippen molar-refractivity contribution in [1.82, 2.24) is 0 Å². The highest BCUT2D eigenvalue weighted by Crippen LogP contribution is 2.25. The number of hydrogen-bond donors (Lipinski definition) is 1. The Morgan fingerprint density at radius 3 is 2.15 bits per heavy atom. The number of carbonyl (C=O) groups excluding carboxylic acids is 1. The summed E-state index contributed by atoms with van der Waals surface area (Å²) in [6.07, 6.45) is 0. The van der Waals surface area contributed by atoms with Gasteiger partial charge in [0, 0.05) is 5.69 Å². The normalized spacial score (nSPS) is 12.2. The molecular formula is C18H21NO. The smallest absolute Gasteiger partial charge is 0.231 e. The lowest BCUT2D eigenvalue weighted by atomic mass is 9.98. The Labute approximate surface area is 120 Å². The average Bonchev–Trinajstić information content (AvgIpc) is 2.47. The number of hydrogen-bond acceptors (Lipinski definition) is 1. The number of nitrogens with one attached hydrogen (secondary N) is 1. The average molecular weight is 267 g/mol. The lowest BCUT2D eigenvalue weighted by Crippen LogP contribution is -2.19. The van der Waals surface area contributed by atoms with Crippen molar-refractivity contribution in [3.63, 3.8) is 0 Å². The molecule has 0 bridgehead atoms. The van der Waals surface area contributed by atoms with Gasteiger partial charge in [0.2, 0.25) is 5.91 Å². The van der Waals surface area contributed by atoms with Gasteiger partial charge < -0.3 is 5.32 Å². The summed E-state index contributed by atoms with van der Waals surface area (Å²) < 4.78 is 0. The van der Waals surface area contributed by atoms with Gasteiger partial charge in [0.1, 0.15) is 0 Å². The summed E-state index contributed by atoms with van der Waals surface area (Å²) in [5.41, 5.74) is 3.11. The molecule has 1 amide bonds. The summed E-state index contributed by atoms with van der Waals surface area (Å²) in [4.78, 5) is 12.4. The number of carbonyl (C=O) groups is 1. The maximum Gasteiger partial charge on any atom is 0.231 e. The molecule has 0 saturated carbocycles. The van der Waals surface area contributed by atoms with Gasteiger partial charge in [0.25, 0.3) is 0 Å². The summed E-state index contributed by atoms with van der Waals surface area (Å²) in [5.74, 6) is 0.263. The third kappa shape index (κ3) is 3.27. The highest BCUT2D eigenvalue weighted by molar-refractivity contribution is 5.96. The van der Waals surface area contributed by atoms with Crippen molar-refractivity contribution in [3.8, 4) is 0 Å². The van der Waals surface area contributed by atoms with E-state index in [1.165, 1.54) is 5.56 Å². The molecule has 0 aliphatic heterocycles. The second kappa shape index (κ2) is 6.38. The lowest BCUT2D eigenvalue weighted by Gasteiger charge is -2.16. The van der Waals surface area contributed by atoms with Crippen molar-refractivity contribution in [2.24, 2.45) is 0 Å². The van der Waals surface area contributed by atoms with Gasteiger partial charge in [0.15, 0.2) is 0 Å². The molecule has 0 spiro atoms. The van der Waals surface area contributed by atoms with E-state index in [9.17, 15) is 4.79 Å². The van der Waals surface area contributed by atoms with Crippen molar-refractivity contribution >= 4 is 11.6 Å². The van der Waals surface area contributed by atoms with Crippen molar-refractivity contribution < 1.29 is 4.79 Å². The van der Waals surface area contributed by atoms with Gasteiger partial charge in [-0.05, 0) is 30.0 Å². The van der Waals surface area contributed by atoms with Gasteiger partial charge >= 0.3 is 0 Å². The van der Waals surface area contributed by atoms with Crippen LogP contribution in [0.1, 0.15) is 43.7 Å². The molecule has 2 heteroatoms. The van der Waals surface area contributed by atoms with E-state index in [0.29, 0.717) is 5.92 Å². The van der Waals surface area contributed by atoms with Crippen LogP contribution < -0.4 is 5.32 Å². The number of rotatable bonds is 4. The predicted molar refractivity (Wildman–Crippen MR) is 84.0 cm³/mol. The number of para-hydroxylation sites is 1. The molecular weight excluding hydrogens is 246 g/mol. The van der Waals surface area contributed by atoms with Crippen LogP contribution >= 0.6 is 0 Å². The molecule has 0 radical (unpaired) electrons. The molecule has 1 atom stereocenters. The Bertz CT molecular complexity index is 575. The second-order valence-corrected chi connectivity index (χ2v) is 5.36. The Balaban J connectivity index is 2.16. The van der Waals surface area contributed by atoms with Crippen LogP contribution in [-0.4, -0.2) is 5.91 Å². The van der Waals surface area contributed by atoms with Gasteiger partial charge in [-0.1, -0.05) is 62.4 Å². The minimum absolute atomic E-state index is 0.0318. The molecule has 20 heavy (non-hydrogen) atoms. The van der Waals surface area contributed by atoms with E-state index in [0.717, 1.165) is 11.3 Å². The van der Waals surface area contributed by atoms with Crippen LogP contribution in [0.4, 0.5) is 5.69 Å². The van der Waals surface area contributed by atoms with E-state index in [1.54, 1.807) is 0 Å². The topological polar surface area (TPSA) is 29.1 Å². The molecule has 0 saturated heterocycles. The van der Waals surface area contributed by atoms with Crippen molar-refractivity contribution in [3.05, 3.63) is 65.7 Å². The number of amides is 1. The van der Waals surface area contributed by atoms with Crippen molar-refractivity contribution in [2.75, 3.05) is 5.32 Å². The van der Waals surface area contributed by atoms with Crippen LogP contribution in [0.2, 0.25) is 0 Å². The maximum absolute atomic E-state index is 12.4. The minimum atomic E-state index is -0.156. The van der Waals surface area contributed by atoms with E-state index < -0.39 is 0 Å². The Morgan fingerprint density at radius 2 is 1.50 bits per heavy atom. The molecule has 0 fully saturated rings. The molecule has 0 heterocycles. The van der Waals surface area contributed by atoms with Gasteiger partial charge in [-0.25, -0.2) is 0 Å².